The van der Waals surface area contributed by atoms with E-state index in [1.807, 2.05) is 31.2 Å². The quantitative estimate of drug-likeness (QED) is 0.779. The Balaban J connectivity index is 1.94. The van der Waals surface area contributed by atoms with Crippen molar-refractivity contribution in [3.8, 4) is 0 Å². The summed E-state index contributed by atoms with van der Waals surface area (Å²) < 4.78 is 0. The second-order valence-corrected chi connectivity index (χ2v) is 5.64. The van der Waals surface area contributed by atoms with Crippen LogP contribution in [0.25, 0.3) is 0 Å². The van der Waals surface area contributed by atoms with Crippen molar-refractivity contribution in [2.45, 2.75) is 58.4 Å². The molecule has 1 aliphatic rings. The van der Waals surface area contributed by atoms with Gasteiger partial charge < -0.3 is 5.32 Å². The second-order valence-electron chi connectivity index (χ2n) is 5.64. The van der Waals surface area contributed by atoms with Crippen LogP contribution in [0.2, 0.25) is 0 Å². The maximum absolute atomic E-state index is 11.6. The molecule has 0 bridgehead atoms. The number of nitrogens with one attached hydrogen (secondary N) is 1. The van der Waals surface area contributed by atoms with E-state index < -0.39 is 0 Å². The number of hydrogen-bond donors (Lipinski definition) is 1. The van der Waals surface area contributed by atoms with Gasteiger partial charge >= 0.3 is 0 Å². The lowest BCUT2D eigenvalue weighted by molar-refractivity contribution is 0.0988. The maximum atomic E-state index is 11.6. The van der Waals surface area contributed by atoms with Gasteiger partial charge in [-0.1, -0.05) is 33.1 Å². The van der Waals surface area contributed by atoms with Crippen LogP contribution in [0.5, 0.6) is 0 Å². The Morgan fingerprint density at radius 2 is 1.95 bits per heavy atom. The molecule has 0 aromatic heterocycles. The number of carbonyl (C=O) groups excluding carboxylic acids is 1. The fraction of sp³-hybridized carbons (Fsp3) is 0.588. The molecule has 0 radical (unpaired) electrons. The lowest BCUT2D eigenvalue weighted by Gasteiger charge is -2.29. The lowest BCUT2D eigenvalue weighted by Crippen LogP contribution is -2.27. The molecule has 0 amide bonds. The zero-order chi connectivity index (χ0) is 13.7. The van der Waals surface area contributed by atoms with E-state index in [2.05, 4.69) is 12.2 Å². The van der Waals surface area contributed by atoms with Gasteiger partial charge in [-0.15, -0.1) is 0 Å². The van der Waals surface area contributed by atoms with Gasteiger partial charge in [0.1, 0.15) is 0 Å². The van der Waals surface area contributed by atoms with Crippen molar-refractivity contribution in [3.63, 3.8) is 0 Å². The zero-order valence-corrected chi connectivity index (χ0v) is 12.1. The summed E-state index contributed by atoms with van der Waals surface area (Å²) in [5, 5.41) is 3.62. The number of anilines is 1. The van der Waals surface area contributed by atoms with Crippen molar-refractivity contribution in [1.82, 2.24) is 0 Å². The standard InChI is InChI=1S/C17H25NO/c1-3-13-6-5-7-16(12-13)18-15-10-8-14(9-11-15)17(19)4-2/h8-11,13,16,18H,3-7,12H2,1-2H3. The predicted molar refractivity (Wildman–Crippen MR) is 80.7 cm³/mol. The molecule has 0 spiro atoms. The minimum atomic E-state index is 0.218. The summed E-state index contributed by atoms with van der Waals surface area (Å²) in [4.78, 5) is 11.6. The van der Waals surface area contributed by atoms with Crippen LogP contribution in [0.1, 0.15) is 62.7 Å². The first kappa shape index (κ1) is 14.1. The number of Topliss-reactive ketones (excluding diaryl/α,β-unsaturated/α-hetero) is 1. The molecule has 1 aromatic carbocycles. The minimum absolute atomic E-state index is 0.218. The summed E-state index contributed by atoms with van der Waals surface area (Å²) in [7, 11) is 0. The third-order valence-electron chi connectivity index (χ3n) is 4.26. The molecule has 19 heavy (non-hydrogen) atoms. The lowest BCUT2D eigenvalue weighted by atomic mass is 9.84. The molecule has 1 fully saturated rings. The van der Waals surface area contributed by atoms with Gasteiger partial charge in [-0.2, -0.15) is 0 Å². The molecule has 2 unspecified atom stereocenters. The Hall–Kier alpha value is -1.31. The summed E-state index contributed by atoms with van der Waals surface area (Å²) in [6.45, 7) is 4.19. The number of carbonyl (C=O) groups is 1. The summed E-state index contributed by atoms with van der Waals surface area (Å²) >= 11 is 0. The van der Waals surface area contributed by atoms with Crippen LogP contribution in [0.3, 0.4) is 0 Å². The predicted octanol–water partition coefficient (Wildman–Crippen LogP) is 4.66. The smallest absolute Gasteiger partial charge is 0.162 e. The monoisotopic (exact) mass is 259 g/mol. The molecule has 0 saturated heterocycles. The van der Waals surface area contributed by atoms with E-state index in [9.17, 15) is 4.79 Å². The Bertz CT molecular complexity index is 410. The Labute approximate surface area is 116 Å². The number of ketones is 1. The summed E-state index contributed by atoms with van der Waals surface area (Å²) in [5.74, 6) is 1.10. The van der Waals surface area contributed by atoms with Crippen molar-refractivity contribution >= 4 is 11.5 Å². The van der Waals surface area contributed by atoms with Gasteiger partial charge in [0.15, 0.2) is 5.78 Å². The van der Waals surface area contributed by atoms with Gasteiger partial charge in [-0.25, -0.2) is 0 Å². The molecule has 2 heteroatoms. The van der Waals surface area contributed by atoms with Gasteiger partial charge in [0.2, 0.25) is 0 Å². The zero-order valence-electron chi connectivity index (χ0n) is 12.1. The molecule has 1 N–H and O–H groups in total. The maximum Gasteiger partial charge on any atom is 0.162 e. The minimum Gasteiger partial charge on any atom is -0.382 e. The van der Waals surface area contributed by atoms with E-state index in [4.69, 9.17) is 0 Å². The first-order chi connectivity index (χ1) is 9.22. The molecule has 1 aliphatic carbocycles. The number of rotatable bonds is 5. The van der Waals surface area contributed by atoms with Gasteiger partial charge in [0.05, 0.1) is 0 Å². The molecule has 104 valence electrons. The Morgan fingerprint density at radius 3 is 2.58 bits per heavy atom. The van der Waals surface area contributed by atoms with Gasteiger partial charge in [0.25, 0.3) is 0 Å². The van der Waals surface area contributed by atoms with E-state index in [1.54, 1.807) is 0 Å². The van der Waals surface area contributed by atoms with Crippen molar-refractivity contribution in [2.75, 3.05) is 5.32 Å². The van der Waals surface area contributed by atoms with Gasteiger partial charge in [-0.05, 0) is 43.0 Å². The van der Waals surface area contributed by atoms with Crippen molar-refractivity contribution in [2.24, 2.45) is 5.92 Å². The topological polar surface area (TPSA) is 29.1 Å². The van der Waals surface area contributed by atoms with Crippen LogP contribution in [0, 0.1) is 5.92 Å². The highest BCUT2D eigenvalue weighted by Crippen LogP contribution is 2.28. The number of hydrogen-bond acceptors (Lipinski definition) is 2. The molecular formula is C17H25NO. The van der Waals surface area contributed by atoms with Crippen LogP contribution in [-0.2, 0) is 0 Å². The normalized spacial score (nSPS) is 23.1. The Morgan fingerprint density at radius 1 is 1.21 bits per heavy atom. The average Bonchev–Trinajstić information content (AvgIpc) is 2.47. The highest BCUT2D eigenvalue weighted by atomic mass is 16.1. The fourth-order valence-corrected chi connectivity index (χ4v) is 2.99. The van der Waals surface area contributed by atoms with Crippen LogP contribution >= 0.6 is 0 Å². The molecule has 2 rings (SSSR count). The van der Waals surface area contributed by atoms with Crippen molar-refractivity contribution < 1.29 is 4.79 Å². The van der Waals surface area contributed by atoms with Crippen molar-refractivity contribution in [3.05, 3.63) is 29.8 Å². The molecule has 0 aliphatic heterocycles. The van der Waals surface area contributed by atoms with Gasteiger partial charge in [0, 0.05) is 23.7 Å². The first-order valence-corrected chi connectivity index (χ1v) is 7.62. The third-order valence-corrected chi connectivity index (χ3v) is 4.26. The van der Waals surface area contributed by atoms with E-state index in [1.165, 1.54) is 32.1 Å². The van der Waals surface area contributed by atoms with Crippen LogP contribution in [0.4, 0.5) is 5.69 Å². The molecule has 2 atom stereocenters. The number of benzene rings is 1. The van der Waals surface area contributed by atoms with Crippen LogP contribution in [-0.4, -0.2) is 11.8 Å². The van der Waals surface area contributed by atoms with E-state index in [0.717, 1.165) is 17.2 Å². The molecule has 2 nitrogen and oxygen atoms in total. The average molecular weight is 259 g/mol. The second kappa shape index (κ2) is 6.74. The van der Waals surface area contributed by atoms with E-state index in [0.29, 0.717) is 12.5 Å². The fourth-order valence-electron chi connectivity index (χ4n) is 2.99. The molecule has 0 heterocycles. The molecule has 1 aromatic rings. The van der Waals surface area contributed by atoms with Crippen LogP contribution in [0.15, 0.2) is 24.3 Å². The third kappa shape index (κ3) is 3.82. The molecular weight excluding hydrogens is 234 g/mol. The van der Waals surface area contributed by atoms with E-state index in [-0.39, 0.29) is 5.78 Å². The SMILES string of the molecule is CCC(=O)c1ccc(NC2CCCC(CC)C2)cc1. The summed E-state index contributed by atoms with van der Waals surface area (Å²) in [6.07, 6.45) is 7.15. The van der Waals surface area contributed by atoms with Crippen molar-refractivity contribution in [1.29, 1.82) is 0 Å². The van der Waals surface area contributed by atoms with Crippen LogP contribution < -0.4 is 5.32 Å². The summed E-state index contributed by atoms with van der Waals surface area (Å²) in [5.41, 5.74) is 1.97. The summed E-state index contributed by atoms with van der Waals surface area (Å²) in [6, 6.07) is 8.56. The first-order valence-electron chi connectivity index (χ1n) is 7.62. The van der Waals surface area contributed by atoms with Gasteiger partial charge in [-0.3, -0.25) is 4.79 Å². The Kier molecular flexibility index (Phi) is 5.00. The van der Waals surface area contributed by atoms with E-state index >= 15 is 0 Å². The highest BCUT2D eigenvalue weighted by Gasteiger charge is 2.20. The highest BCUT2D eigenvalue weighted by molar-refractivity contribution is 5.96. The largest absolute Gasteiger partial charge is 0.382 e. The molecule has 1 saturated carbocycles.